The zero-order valence-corrected chi connectivity index (χ0v) is 20.6. The minimum atomic E-state index is -0.951. The molecule has 0 aliphatic rings. The zero-order valence-electron chi connectivity index (χ0n) is 20.6. The number of carbonyl (C=O) groups is 1. The molecule has 5 heteroatoms. The summed E-state index contributed by atoms with van der Waals surface area (Å²) in [5, 5.41) is 8.42. The van der Waals surface area contributed by atoms with E-state index < -0.39 is 5.97 Å². The second-order valence-electron chi connectivity index (χ2n) is 8.68. The van der Waals surface area contributed by atoms with E-state index in [1.165, 1.54) is 109 Å². The Bertz CT molecular complexity index is 349. The molecule has 0 amide bonds. The molecule has 186 valence electrons. The predicted octanol–water partition coefficient (Wildman–Crippen LogP) is 7.16. The molecule has 0 radical (unpaired) electrons. The summed E-state index contributed by atoms with van der Waals surface area (Å²) >= 11 is 0. The molecule has 0 rings (SSSR count). The van der Waals surface area contributed by atoms with E-state index in [4.69, 9.17) is 19.3 Å². The molecule has 0 aromatic rings. The van der Waals surface area contributed by atoms with E-state index >= 15 is 0 Å². The Morgan fingerprint density at radius 3 is 1.19 bits per heavy atom. The van der Waals surface area contributed by atoms with Crippen molar-refractivity contribution < 1.29 is 24.1 Å². The molecule has 0 saturated heterocycles. The lowest BCUT2D eigenvalue weighted by Gasteiger charge is -2.06. The van der Waals surface area contributed by atoms with Gasteiger partial charge in [0.25, 0.3) is 0 Å². The van der Waals surface area contributed by atoms with Crippen molar-refractivity contribution in [3.8, 4) is 0 Å². The first-order valence-electron chi connectivity index (χ1n) is 13.2. The average molecular weight is 445 g/mol. The predicted molar refractivity (Wildman–Crippen MR) is 129 cm³/mol. The Hall–Kier alpha value is -0.650. The number of unbranched alkanes of at least 4 members (excludes halogenated alkanes) is 17. The number of carboxylic acids is 1. The highest BCUT2D eigenvalue weighted by Crippen LogP contribution is 2.14. The largest absolute Gasteiger partial charge is 0.480 e. The third-order valence-electron chi connectivity index (χ3n) is 5.61. The van der Waals surface area contributed by atoms with E-state index in [9.17, 15) is 4.79 Å². The van der Waals surface area contributed by atoms with Crippen LogP contribution in [0.5, 0.6) is 0 Å². The molecular weight excluding hydrogens is 392 g/mol. The number of hydrogen-bond donors (Lipinski definition) is 1. The molecule has 0 aromatic heterocycles. The summed E-state index contributed by atoms with van der Waals surface area (Å²) < 4.78 is 15.7. The molecule has 0 fully saturated rings. The van der Waals surface area contributed by atoms with E-state index in [1.807, 2.05) is 0 Å². The Morgan fingerprint density at radius 2 is 0.806 bits per heavy atom. The van der Waals surface area contributed by atoms with Gasteiger partial charge in [0.1, 0.15) is 6.61 Å². The standard InChI is InChI=1S/C26H52O5/c1-2-3-4-5-6-7-8-9-10-11-12-13-14-15-16-17-18-19-20-29-21-22-30-23-24-31-25-26(27)28/h2-25H2,1H3,(H,27,28). The molecule has 1 N–H and O–H groups in total. The summed E-state index contributed by atoms with van der Waals surface area (Å²) in [5.41, 5.74) is 0. The first-order valence-corrected chi connectivity index (χ1v) is 13.2. The summed E-state index contributed by atoms with van der Waals surface area (Å²) in [6.07, 6.45) is 25.0. The normalized spacial score (nSPS) is 11.3. The van der Waals surface area contributed by atoms with Crippen molar-refractivity contribution in [1.82, 2.24) is 0 Å². The molecule has 0 bridgehead atoms. The van der Waals surface area contributed by atoms with Crippen molar-refractivity contribution in [3.05, 3.63) is 0 Å². The molecule has 31 heavy (non-hydrogen) atoms. The second-order valence-corrected chi connectivity index (χ2v) is 8.68. The SMILES string of the molecule is CCCCCCCCCCCCCCCCCCCCOCCOCCOCC(=O)O. The first-order chi connectivity index (χ1) is 15.3. The quantitative estimate of drug-likeness (QED) is 0.136. The van der Waals surface area contributed by atoms with Gasteiger partial charge in [0, 0.05) is 6.61 Å². The van der Waals surface area contributed by atoms with Crippen LogP contribution in [-0.2, 0) is 19.0 Å². The highest BCUT2D eigenvalue weighted by atomic mass is 16.5. The summed E-state index contributed by atoms with van der Waals surface area (Å²) in [6, 6.07) is 0. The van der Waals surface area contributed by atoms with Gasteiger partial charge in [0.15, 0.2) is 0 Å². The third-order valence-corrected chi connectivity index (χ3v) is 5.61. The second kappa shape index (κ2) is 27.4. The van der Waals surface area contributed by atoms with Crippen molar-refractivity contribution in [2.45, 2.75) is 122 Å². The maximum Gasteiger partial charge on any atom is 0.329 e. The Balaban J connectivity index is 3.00. The van der Waals surface area contributed by atoms with Crippen LogP contribution in [0.25, 0.3) is 0 Å². The highest BCUT2D eigenvalue weighted by Gasteiger charge is 1.97. The molecule has 0 spiro atoms. The minimum Gasteiger partial charge on any atom is -0.480 e. The number of aliphatic carboxylic acids is 1. The lowest BCUT2D eigenvalue weighted by Crippen LogP contribution is -2.13. The van der Waals surface area contributed by atoms with E-state index in [0.717, 1.165) is 13.0 Å². The molecule has 0 aliphatic heterocycles. The van der Waals surface area contributed by atoms with Gasteiger partial charge in [-0.2, -0.15) is 0 Å². The third kappa shape index (κ3) is 29.4. The fraction of sp³-hybridized carbons (Fsp3) is 0.962. The molecular formula is C26H52O5. The first kappa shape index (κ1) is 30.4. The Kier molecular flexibility index (Phi) is 26.8. The Labute approximate surface area is 192 Å². The topological polar surface area (TPSA) is 65.0 Å². The van der Waals surface area contributed by atoms with Gasteiger partial charge in [-0.1, -0.05) is 116 Å². The van der Waals surface area contributed by atoms with Crippen molar-refractivity contribution in [3.63, 3.8) is 0 Å². The lowest BCUT2D eigenvalue weighted by atomic mass is 10.0. The van der Waals surface area contributed by atoms with Crippen LogP contribution in [0.4, 0.5) is 0 Å². The summed E-state index contributed by atoms with van der Waals surface area (Å²) in [4.78, 5) is 10.2. The summed E-state index contributed by atoms with van der Waals surface area (Å²) in [5.74, 6) is -0.951. The van der Waals surface area contributed by atoms with Gasteiger partial charge in [-0.05, 0) is 6.42 Å². The maximum atomic E-state index is 10.2. The minimum absolute atomic E-state index is 0.265. The van der Waals surface area contributed by atoms with Crippen molar-refractivity contribution in [1.29, 1.82) is 0 Å². The van der Waals surface area contributed by atoms with Gasteiger partial charge in [-0.3, -0.25) is 0 Å². The highest BCUT2D eigenvalue weighted by molar-refractivity contribution is 5.67. The lowest BCUT2D eigenvalue weighted by molar-refractivity contribution is -0.142. The monoisotopic (exact) mass is 444 g/mol. The van der Waals surface area contributed by atoms with Crippen LogP contribution in [0.1, 0.15) is 122 Å². The van der Waals surface area contributed by atoms with Gasteiger partial charge >= 0.3 is 5.97 Å². The van der Waals surface area contributed by atoms with Crippen LogP contribution in [-0.4, -0.2) is 50.7 Å². The van der Waals surface area contributed by atoms with E-state index in [0.29, 0.717) is 26.4 Å². The van der Waals surface area contributed by atoms with Gasteiger partial charge < -0.3 is 19.3 Å². The maximum absolute atomic E-state index is 10.2. The average Bonchev–Trinajstić information content (AvgIpc) is 2.76. The molecule has 0 heterocycles. The molecule has 0 saturated carbocycles. The van der Waals surface area contributed by atoms with Crippen LogP contribution in [0.3, 0.4) is 0 Å². The van der Waals surface area contributed by atoms with Crippen LogP contribution in [0.2, 0.25) is 0 Å². The van der Waals surface area contributed by atoms with E-state index in [1.54, 1.807) is 0 Å². The number of ether oxygens (including phenoxy) is 3. The fourth-order valence-electron chi connectivity index (χ4n) is 3.71. The van der Waals surface area contributed by atoms with Crippen molar-refractivity contribution >= 4 is 5.97 Å². The van der Waals surface area contributed by atoms with Gasteiger partial charge in [-0.15, -0.1) is 0 Å². The van der Waals surface area contributed by atoms with Crippen molar-refractivity contribution in [2.75, 3.05) is 39.6 Å². The molecule has 5 nitrogen and oxygen atoms in total. The zero-order chi connectivity index (χ0) is 22.7. The van der Waals surface area contributed by atoms with Gasteiger partial charge in [0.2, 0.25) is 0 Å². The van der Waals surface area contributed by atoms with Crippen LogP contribution < -0.4 is 0 Å². The molecule has 0 aromatic carbocycles. The molecule has 0 aliphatic carbocycles. The molecule has 0 unspecified atom stereocenters. The van der Waals surface area contributed by atoms with Crippen LogP contribution in [0.15, 0.2) is 0 Å². The number of carboxylic acid groups (broad SMARTS) is 1. The smallest absolute Gasteiger partial charge is 0.329 e. The van der Waals surface area contributed by atoms with E-state index in [-0.39, 0.29) is 6.61 Å². The number of hydrogen-bond acceptors (Lipinski definition) is 4. The number of rotatable bonds is 27. The summed E-state index contributed by atoms with van der Waals surface area (Å²) in [7, 11) is 0. The van der Waals surface area contributed by atoms with E-state index in [2.05, 4.69) is 6.92 Å². The summed E-state index contributed by atoms with van der Waals surface area (Å²) in [6.45, 7) is 4.68. The fourth-order valence-corrected chi connectivity index (χ4v) is 3.71. The Morgan fingerprint density at radius 1 is 0.484 bits per heavy atom. The van der Waals surface area contributed by atoms with Gasteiger partial charge in [0.05, 0.1) is 26.4 Å². The molecule has 0 atom stereocenters. The van der Waals surface area contributed by atoms with Crippen molar-refractivity contribution in [2.24, 2.45) is 0 Å². The van der Waals surface area contributed by atoms with Crippen LogP contribution in [0, 0.1) is 0 Å². The van der Waals surface area contributed by atoms with Crippen LogP contribution >= 0.6 is 0 Å². The van der Waals surface area contributed by atoms with Gasteiger partial charge in [-0.25, -0.2) is 4.79 Å².